The second kappa shape index (κ2) is 15.1. The molecule has 0 bridgehead atoms. The van der Waals surface area contributed by atoms with Gasteiger partial charge >= 0.3 is 0 Å². The number of fused-ring (bicyclic) bond motifs is 1. The molecule has 2 atom stereocenters. The van der Waals surface area contributed by atoms with Crippen LogP contribution in [0.5, 0.6) is 0 Å². The molecule has 2 fully saturated rings. The maximum Gasteiger partial charge on any atom is 0.221 e. The van der Waals surface area contributed by atoms with E-state index in [0.717, 1.165) is 58.8 Å². The second-order valence-electron chi connectivity index (χ2n) is 13.3. The standard InChI is InChI=1S/C42H46N2O5/c43-40(45)29-32-30-44(37-22-12-11-21-36(32)37)26-28-46-38(39-31-48-41(49-39)24-13-4-14-25-41)23-27-47-42(33-15-5-1-6-16-33,34-17-7-2-8-18-34)35-19-9-3-10-20-35/h1-3,5-12,15-22,30,38-39H,4,13-14,23-29,31H2,(H2,43,45). The summed E-state index contributed by atoms with van der Waals surface area (Å²) in [7, 11) is 0. The number of aromatic nitrogens is 1. The Balaban J connectivity index is 1.14. The van der Waals surface area contributed by atoms with Crippen molar-refractivity contribution >= 4 is 16.8 Å². The SMILES string of the molecule is NC(=O)Cc1cn(CCOC(CCOC(c2ccccc2)(c2ccccc2)c2ccccc2)C2COC3(CCCCC3)O2)c2ccccc12. The van der Waals surface area contributed by atoms with Gasteiger partial charge in [0, 0.05) is 36.5 Å². The molecule has 1 amide bonds. The van der Waals surface area contributed by atoms with Crippen LogP contribution < -0.4 is 5.73 Å². The number of carbonyl (C=O) groups is 1. The summed E-state index contributed by atoms with van der Waals surface area (Å²) in [5.74, 6) is -0.847. The van der Waals surface area contributed by atoms with Crippen LogP contribution >= 0.6 is 0 Å². The minimum Gasteiger partial charge on any atom is -0.373 e. The van der Waals surface area contributed by atoms with Gasteiger partial charge in [-0.25, -0.2) is 0 Å². The van der Waals surface area contributed by atoms with Crippen LogP contribution in [0.4, 0.5) is 0 Å². The third-order valence-electron chi connectivity index (χ3n) is 10.1. The summed E-state index contributed by atoms with van der Waals surface area (Å²) in [5.41, 5.74) is 9.95. The molecule has 7 nitrogen and oxygen atoms in total. The first kappa shape index (κ1) is 33.2. The van der Waals surface area contributed by atoms with E-state index in [4.69, 9.17) is 24.7 Å². The van der Waals surface area contributed by atoms with E-state index >= 15 is 0 Å². The highest BCUT2D eigenvalue weighted by Gasteiger charge is 2.45. The fourth-order valence-electron chi connectivity index (χ4n) is 7.73. The van der Waals surface area contributed by atoms with Gasteiger partial charge in [-0.15, -0.1) is 0 Å². The number of nitrogens with two attached hydrogens (primary N) is 1. The normalized spacial score (nSPS) is 18.2. The Hall–Kier alpha value is -4.27. The van der Waals surface area contributed by atoms with Crippen molar-refractivity contribution in [1.82, 2.24) is 4.57 Å². The molecule has 254 valence electrons. The van der Waals surface area contributed by atoms with Crippen molar-refractivity contribution in [2.24, 2.45) is 5.73 Å². The van der Waals surface area contributed by atoms with Gasteiger partial charge in [0.2, 0.25) is 5.91 Å². The van der Waals surface area contributed by atoms with Crippen molar-refractivity contribution in [2.45, 2.75) is 75.1 Å². The summed E-state index contributed by atoms with van der Waals surface area (Å²) in [6.45, 7) is 2.03. The molecule has 1 saturated carbocycles. The minimum atomic E-state index is -0.813. The number of para-hydroxylation sites is 1. The van der Waals surface area contributed by atoms with Crippen LogP contribution in [0.1, 0.15) is 60.8 Å². The summed E-state index contributed by atoms with van der Waals surface area (Å²) in [6, 6.07) is 39.5. The largest absolute Gasteiger partial charge is 0.373 e. The number of carbonyl (C=O) groups excluding carboxylic acids is 1. The highest BCUT2D eigenvalue weighted by atomic mass is 16.8. The fraction of sp³-hybridized carbons (Fsp3) is 0.357. The number of hydrogen-bond donors (Lipinski definition) is 1. The molecule has 5 aromatic rings. The maximum absolute atomic E-state index is 11.8. The molecule has 4 aromatic carbocycles. The molecule has 2 N–H and O–H groups in total. The lowest BCUT2D eigenvalue weighted by Crippen LogP contribution is -2.39. The predicted molar refractivity (Wildman–Crippen MR) is 191 cm³/mol. The van der Waals surface area contributed by atoms with Gasteiger partial charge in [0.15, 0.2) is 5.79 Å². The molecule has 49 heavy (non-hydrogen) atoms. The molecule has 2 aliphatic rings. The monoisotopic (exact) mass is 658 g/mol. The number of primary amides is 1. The van der Waals surface area contributed by atoms with E-state index in [-0.39, 0.29) is 24.5 Å². The van der Waals surface area contributed by atoms with Crippen LogP contribution in [-0.4, -0.2) is 48.3 Å². The maximum atomic E-state index is 11.8. The van der Waals surface area contributed by atoms with Crippen LogP contribution in [0.25, 0.3) is 10.9 Å². The molecule has 1 aliphatic carbocycles. The molecule has 1 aliphatic heterocycles. The number of benzene rings is 4. The van der Waals surface area contributed by atoms with E-state index in [1.807, 2.05) is 42.6 Å². The Bertz CT molecular complexity index is 1700. The Morgan fingerprint density at radius 3 is 2.02 bits per heavy atom. The van der Waals surface area contributed by atoms with Gasteiger partial charge in [-0.1, -0.05) is 116 Å². The molecule has 7 heteroatoms. The van der Waals surface area contributed by atoms with E-state index in [0.29, 0.717) is 32.8 Å². The quantitative estimate of drug-likeness (QED) is 0.125. The summed E-state index contributed by atoms with van der Waals surface area (Å²) in [6.07, 6.45) is 7.70. The number of ether oxygens (including phenoxy) is 4. The zero-order valence-electron chi connectivity index (χ0n) is 28.0. The highest BCUT2D eigenvalue weighted by Crippen LogP contribution is 2.42. The van der Waals surface area contributed by atoms with Crippen molar-refractivity contribution in [2.75, 3.05) is 19.8 Å². The molecule has 0 radical (unpaired) electrons. The lowest BCUT2D eigenvalue weighted by atomic mass is 9.80. The van der Waals surface area contributed by atoms with Gasteiger partial charge in [0.1, 0.15) is 11.7 Å². The first-order valence-electron chi connectivity index (χ1n) is 17.7. The van der Waals surface area contributed by atoms with E-state index in [9.17, 15) is 4.79 Å². The van der Waals surface area contributed by atoms with Crippen molar-refractivity contribution in [1.29, 1.82) is 0 Å². The van der Waals surface area contributed by atoms with E-state index in [1.165, 1.54) is 6.42 Å². The molecule has 1 spiro atoms. The lowest BCUT2D eigenvalue weighted by Gasteiger charge is -2.37. The molecular weight excluding hydrogens is 612 g/mol. The summed E-state index contributed by atoms with van der Waals surface area (Å²) < 4.78 is 29.2. The van der Waals surface area contributed by atoms with E-state index in [2.05, 4.69) is 83.4 Å². The number of hydrogen-bond acceptors (Lipinski definition) is 5. The zero-order valence-corrected chi connectivity index (χ0v) is 28.0. The number of nitrogens with zero attached hydrogens (tertiary/aromatic N) is 1. The van der Waals surface area contributed by atoms with Crippen LogP contribution in [0.2, 0.25) is 0 Å². The number of rotatable bonds is 14. The Morgan fingerprint density at radius 1 is 0.816 bits per heavy atom. The number of amides is 1. The van der Waals surface area contributed by atoms with Crippen molar-refractivity contribution < 1.29 is 23.7 Å². The van der Waals surface area contributed by atoms with Crippen LogP contribution in [-0.2, 0) is 42.3 Å². The summed E-state index contributed by atoms with van der Waals surface area (Å²) in [4.78, 5) is 11.8. The van der Waals surface area contributed by atoms with Crippen molar-refractivity contribution in [3.8, 4) is 0 Å². The third-order valence-corrected chi connectivity index (χ3v) is 10.1. The summed E-state index contributed by atoms with van der Waals surface area (Å²) >= 11 is 0. The zero-order chi connectivity index (χ0) is 33.5. The summed E-state index contributed by atoms with van der Waals surface area (Å²) in [5, 5.41) is 1.04. The van der Waals surface area contributed by atoms with Crippen molar-refractivity contribution in [3.05, 3.63) is 144 Å². The molecule has 2 heterocycles. The average Bonchev–Trinajstić information content (AvgIpc) is 3.71. The van der Waals surface area contributed by atoms with Gasteiger partial charge < -0.3 is 29.2 Å². The lowest BCUT2D eigenvalue weighted by molar-refractivity contribution is -0.200. The van der Waals surface area contributed by atoms with Crippen LogP contribution in [0.3, 0.4) is 0 Å². The Labute approximate surface area is 288 Å². The first-order valence-corrected chi connectivity index (χ1v) is 17.7. The molecular formula is C42H46N2O5. The molecule has 7 rings (SSSR count). The Morgan fingerprint density at radius 2 is 1.41 bits per heavy atom. The average molecular weight is 659 g/mol. The predicted octanol–water partition coefficient (Wildman–Crippen LogP) is 7.53. The minimum absolute atomic E-state index is 0.201. The van der Waals surface area contributed by atoms with E-state index < -0.39 is 11.4 Å². The van der Waals surface area contributed by atoms with Crippen molar-refractivity contribution in [3.63, 3.8) is 0 Å². The van der Waals surface area contributed by atoms with Gasteiger partial charge in [0.25, 0.3) is 0 Å². The Kier molecular flexibility index (Phi) is 10.2. The topological polar surface area (TPSA) is 84.9 Å². The molecule has 1 aromatic heterocycles. The first-order chi connectivity index (χ1) is 24.1. The van der Waals surface area contributed by atoms with Crippen LogP contribution in [0.15, 0.2) is 121 Å². The van der Waals surface area contributed by atoms with E-state index in [1.54, 1.807) is 0 Å². The fourth-order valence-corrected chi connectivity index (χ4v) is 7.73. The van der Waals surface area contributed by atoms with Gasteiger partial charge in [0.05, 0.1) is 32.3 Å². The molecule has 2 unspecified atom stereocenters. The van der Waals surface area contributed by atoms with Gasteiger partial charge in [-0.3, -0.25) is 4.79 Å². The smallest absolute Gasteiger partial charge is 0.221 e. The highest BCUT2D eigenvalue weighted by molar-refractivity contribution is 5.88. The van der Waals surface area contributed by atoms with Crippen LogP contribution in [0, 0.1) is 0 Å². The van der Waals surface area contributed by atoms with Gasteiger partial charge in [-0.2, -0.15) is 0 Å². The third kappa shape index (κ3) is 7.22. The second-order valence-corrected chi connectivity index (χ2v) is 13.3. The molecule has 1 saturated heterocycles. The van der Waals surface area contributed by atoms with Gasteiger partial charge in [-0.05, 0) is 47.6 Å².